The van der Waals surface area contributed by atoms with E-state index in [1.165, 1.54) is 12.1 Å². The number of alkyl halides is 3. The average Bonchev–Trinajstić information content (AvgIpc) is 3.01. The lowest BCUT2D eigenvalue weighted by molar-refractivity contribution is -0.146. The molecule has 0 bridgehead atoms. The van der Waals surface area contributed by atoms with E-state index in [1.807, 2.05) is 6.92 Å². The molecule has 122 valence electrons. The second kappa shape index (κ2) is 7.13. The molecule has 0 aliphatic carbocycles. The Balaban J connectivity index is 1.98. The highest BCUT2D eigenvalue weighted by Crippen LogP contribution is 2.29. The highest BCUT2D eigenvalue weighted by atomic mass is 19.4. The fourth-order valence-corrected chi connectivity index (χ4v) is 2.64. The molecule has 1 aliphatic rings. The second-order valence-corrected chi connectivity index (χ2v) is 5.48. The van der Waals surface area contributed by atoms with Crippen molar-refractivity contribution in [3.8, 4) is 0 Å². The molecule has 0 aromatic heterocycles. The number of nitrogens with zero attached hydrogens (tertiary/aromatic N) is 2. The van der Waals surface area contributed by atoms with Crippen molar-refractivity contribution in [2.45, 2.75) is 38.8 Å². The van der Waals surface area contributed by atoms with Crippen LogP contribution in [0.4, 0.5) is 13.2 Å². The molecule has 0 unspecified atom stereocenters. The fraction of sp³-hybridized carbons (Fsp3) is 0.562. The Morgan fingerprint density at radius 1 is 1.18 bits per heavy atom. The van der Waals surface area contributed by atoms with Crippen LogP contribution >= 0.6 is 0 Å². The first kappa shape index (κ1) is 16.8. The van der Waals surface area contributed by atoms with Gasteiger partial charge in [-0.1, -0.05) is 19.1 Å². The molecule has 3 nitrogen and oxygen atoms in total. The van der Waals surface area contributed by atoms with Gasteiger partial charge in [0.2, 0.25) is 5.91 Å². The van der Waals surface area contributed by atoms with Crippen molar-refractivity contribution in [2.24, 2.45) is 0 Å². The Morgan fingerprint density at radius 2 is 1.77 bits per heavy atom. The predicted octanol–water partition coefficient (Wildman–Crippen LogP) is 3.50. The number of rotatable bonds is 5. The second-order valence-electron chi connectivity index (χ2n) is 5.48. The van der Waals surface area contributed by atoms with Crippen LogP contribution in [0.2, 0.25) is 0 Å². The molecule has 1 aliphatic heterocycles. The number of benzene rings is 1. The van der Waals surface area contributed by atoms with Crippen molar-refractivity contribution in [1.82, 2.24) is 10.0 Å². The molecule has 1 heterocycles. The van der Waals surface area contributed by atoms with Gasteiger partial charge in [-0.05, 0) is 37.0 Å². The van der Waals surface area contributed by atoms with E-state index in [9.17, 15) is 18.0 Å². The number of amides is 1. The van der Waals surface area contributed by atoms with Gasteiger partial charge < -0.3 is 0 Å². The largest absolute Gasteiger partial charge is 0.416 e. The van der Waals surface area contributed by atoms with Crippen LogP contribution in [0.5, 0.6) is 0 Å². The zero-order valence-corrected chi connectivity index (χ0v) is 12.7. The van der Waals surface area contributed by atoms with Crippen LogP contribution in [0.15, 0.2) is 24.3 Å². The summed E-state index contributed by atoms with van der Waals surface area (Å²) in [5.74, 6) is 0.0637. The minimum atomic E-state index is -4.31. The Kier molecular flexibility index (Phi) is 5.45. The summed E-state index contributed by atoms with van der Waals surface area (Å²) >= 11 is 0. The highest BCUT2D eigenvalue weighted by Gasteiger charge is 2.30. The van der Waals surface area contributed by atoms with Crippen LogP contribution in [0.3, 0.4) is 0 Å². The maximum atomic E-state index is 12.5. The van der Waals surface area contributed by atoms with Crippen LogP contribution in [0.25, 0.3) is 0 Å². The van der Waals surface area contributed by atoms with Gasteiger partial charge in [0, 0.05) is 26.1 Å². The van der Waals surface area contributed by atoms with E-state index < -0.39 is 11.7 Å². The van der Waals surface area contributed by atoms with E-state index in [-0.39, 0.29) is 5.91 Å². The van der Waals surface area contributed by atoms with E-state index in [1.54, 1.807) is 5.01 Å². The molecular weight excluding hydrogens is 293 g/mol. The minimum absolute atomic E-state index is 0.0637. The lowest BCUT2D eigenvalue weighted by atomic mass is 10.1. The number of halogens is 3. The molecule has 22 heavy (non-hydrogen) atoms. The molecule has 0 saturated carbocycles. The highest BCUT2D eigenvalue weighted by molar-refractivity contribution is 5.75. The Hall–Kier alpha value is -1.56. The van der Waals surface area contributed by atoms with Crippen LogP contribution in [0.1, 0.15) is 37.3 Å². The quantitative estimate of drug-likeness (QED) is 0.830. The number of hydrogen-bond donors (Lipinski definition) is 0. The van der Waals surface area contributed by atoms with Crippen molar-refractivity contribution in [3.05, 3.63) is 35.4 Å². The van der Waals surface area contributed by atoms with Crippen LogP contribution in [-0.2, 0) is 17.4 Å². The normalized spacial score (nSPS) is 16.0. The summed E-state index contributed by atoms with van der Waals surface area (Å²) in [5.41, 5.74) is 0.165. The van der Waals surface area contributed by atoms with Gasteiger partial charge in [0.25, 0.3) is 0 Å². The SMILES string of the molecule is CCC(=O)N(CCc1ccc(C(F)(F)F)cc1)N1CCCC1. The summed E-state index contributed by atoms with van der Waals surface area (Å²) in [4.78, 5) is 12.0. The third-order valence-electron chi connectivity index (χ3n) is 3.91. The molecule has 1 saturated heterocycles. The standard InChI is InChI=1S/C16H21F3N2O/c1-2-15(22)21(20-10-3-4-11-20)12-9-13-5-7-14(8-6-13)16(17,18)19/h5-8H,2-4,9-12H2,1H3. The van der Waals surface area contributed by atoms with Gasteiger partial charge in [0.1, 0.15) is 0 Å². The van der Waals surface area contributed by atoms with Crippen molar-refractivity contribution >= 4 is 5.91 Å². The smallest absolute Gasteiger partial charge is 0.275 e. The average molecular weight is 314 g/mol. The summed E-state index contributed by atoms with van der Waals surface area (Å²) in [6.07, 6.45) is -1.16. The van der Waals surface area contributed by atoms with Crippen molar-refractivity contribution < 1.29 is 18.0 Å². The molecule has 6 heteroatoms. The first-order valence-electron chi connectivity index (χ1n) is 7.63. The summed E-state index contributed by atoms with van der Waals surface area (Å²) in [7, 11) is 0. The number of carbonyl (C=O) groups excluding carboxylic acids is 1. The van der Waals surface area contributed by atoms with Crippen LogP contribution in [-0.4, -0.2) is 35.6 Å². The first-order chi connectivity index (χ1) is 10.4. The predicted molar refractivity (Wildman–Crippen MR) is 78.0 cm³/mol. The van der Waals surface area contributed by atoms with Crippen LogP contribution in [0, 0.1) is 0 Å². The molecule has 1 amide bonds. The van der Waals surface area contributed by atoms with E-state index in [0.29, 0.717) is 19.4 Å². The molecular formula is C16H21F3N2O. The molecule has 1 fully saturated rings. The summed E-state index contributed by atoms with van der Waals surface area (Å²) in [6, 6.07) is 5.16. The Bertz CT molecular complexity index is 493. The third-order valence-corrected chi connectivity index (χ3v) is 3.91. The fourth-order valence-electron chi connectivity index (χ4n) is 2.64. The summed E-state index contributed by atoms with van der Waals surface area (Å²) < 4.78 is 37.6. The summed E-state index contributed by atoms with van der Waals surface area (Å²) in [6.45, 7) is 4.08. The van der Waals surface area contributed by atoms with Gasteiger partial charge >= 0.3 is 6.18 Å². The maximum Gasteiger partial charge on any atom is 0.416 e. The number of carbonyl (C=O) groups is 1. The number of hydrazine groups is 1. The van der Waals surface area contributed by atoms with Gasteiger partial charge in [0.15, 0.2) is 0 Å². The molecule has 0 radical (unpaired) electrons. The Morgan fingerprint density at radius 3 is 2.27 bits per heavy atom. The van der Waals surface area contributed by atoms with E-state index in [2.05, 4.69) is 5.01 Å². The molecule has 0 spiro atoms. The molecule has 1 aromatic carbocycles. The molecule has 0 N–H and O–H groups in total. The lowest BCUT2D eigenvalue weighted by Gasteiger charge is -2.31. The van der Waals surface area contributed by atoms with Crippen LogP contribution < -0.4 is 0 Å². The minimum Gasteiger partial charge on any atom is -0.275 e. The Labute approximate surface area is 128 Å². The van der Waals surface area contributed by atoms with Gasteiger partial charge in [-0.3, -0.25) is 9.80 Å². The molecule has 1 aromatic rings. The molecule has 2 rings (SSSR count). The van der Waals surface area contributed by atoms with E-state index in [0.717, 1.165) is 43.6 Å². The lowest BCUT2D eigenvalue weighted by Crippen LogP contribution is -2.45. The van der Waals surface area contributed by atoms with Crippen molar-refractivity contribution in [2.75, 3.05) is 19.6 Å². The first-order valence-corrected chi connectivity index (χ1v) is 7.63. The van der Waals surface area contributed by atoms with Gasteiger partial charge in [-0.25, -0.2) is 5.01 Å². The van der Waals surface area contributed by atoms with E-state index in [4.69, 9.17) is 0 Å². The van der Waals surface area contributed by atoms with Gasteiger partial charge in [-0.2, -0.15) is 13.2 Å². The van der Waals surface area contributed by atoms with Crippen molar-refractivity contribution in [1.29, 1.82) is 0 Å². The number of hydrogen-bond acceptors (Lipinski definition) is 2. The molecule has 0 atom stereocenters. The van der Waals surface area contributed by atoms with Crippen molar-refractivity contribution in [3.63, 3.8) is 0 Å². The van der Waals surface area contributed by atoms with E-state index >= 15 is 0 Å². The zero-order valence-electron chi connectivity index (χ0n) is 12.7. The monoisotopic (exact) mass is 314 g/mol. The topological polar surface area (TPSA) is 23.6 Å². The zero-order chi connectivity index (χ0) is 16.2. The maximum absolute atomic E-state index is 12.5. The van der Waals surface area contributed by atoms with Gasteiger partial charge in [-0.15, -0.1) is 0 Å². The van der Waals surface area contributed by atoms with Gasteiger partial charge in [0.05, 0.1) is 5.56 Å². The summed E-state index contributed by atoms with van der Waals surface area (Å²) in [5, 5.41) is 3.81. The third kappa shape index (κ3) is 4.22.